The van der Waals surface area contributed by atoms with Crippen molar-refractivity contribution in [2.24, 2.45) is 5.92 Å². The predicted molar refractivity (Wildman–Crippen MR) is 120 cm³/mol. The molecular weight excluding hydrogens is 459 g/mol. The van der Waals surface area contributed by atoms with Crippen LogP contribution < -0.4 is 9.96 Å². The Kier molecular flexibility index (Phi) is 5.15. The van der Waals surface area contributed by atoms with Gasteiger partial charge in [0.15, 0.2) is 6.10 Å². The minimum atomic E-state index is -0.967. The van der Waals surface area contributed by atoms with Gasteiger partial charge in [0, 0.05) is 15.1 Å². The van der Waals surface area contributed by atoms with Crippen molar-refractivity contribution >= 4 is 58.0 Å². The maximum Gasteiger partial charge on any atom is 0.266 e. The van der Waals surface area contributed by atoms with E-state index in [1.165, 1.54) is 12.1 Å². The van der Waals surface area contributed by atoms with Gasteiger partial charge in [0.25, 0.3) is 5.91 Å². The number of hydrogen-bond acceptors (Lipinski definition) is 4. The van der Waals surface area contributed by atoms with Gasteiger partial charge >= 0.3 is 0 Å². The van der Waals surface area contributed by atoms with E-state index >= 15 is 0 Å². The number of hydroxylamine groups is 1. The minimum Gasteiger partial charge on any atom is -0.273 e. The molecule has 31 heavy (non-hydrogen) atoms. The van der Waals surface area contributed by atoms with Gasteiger partial charge in [-0.05, 0) is 48.0 Å². The Balaban J connectivity index is 1.59. The Bertz CT molecular complexity index is 1150. The van der Waals surface area contributed by atoms with Crippen molar-refractivity contribution in [3.63, 3.8) is 0 Å². The molecule has 2 heterocycles. The lowest BCUT2D eigenvalue weighted by Crippen LogP contribution is -2.37. The highest BCUT2D eigenvalue weighted by molar-refractivity contribution is 6.36. The molecule has 2 saturated heterocycles. The smallest absolute Gasteiger partial charge is 0.266 e. The molecule has 2 amide bonds. The van der Waals surface area contributed by atoms with E-state index in [9.17, 15) is 9.59 Å². The summed E-state index contributed by atoms with van der Waals surface area (Å²) in [4.78, 5) is 34.0. The Morgan fingerprint density at radius 1 is 0.710 bits per heavy atom. The zero-order valence-corrected chi connectivity index (χ0v) is 18.2. The van der Waals surface area contributed by atoms with Gasteiger partial charge in [-0.1, -0.05) is 65.1 Å². The van der Waals surface area contributed by atoms with Crippen LogP contribution in [0.4, 0.5) is 11.4 Å². The molecule has 0 unspecified atom stereocenters. The van der Waals surface area contributed by atoms with Crippen molar-refractivity contribution < 1.29 is 14.4 Å². The molecule has 0 aliphatic carbocycles. The lowest BCUT2D eigenvalue weighted by Gasteiger charge is -2.28. The van der Waals surface area contributed by atoms with E-state index < -0.39 is 24.0 Å². The van der Waals surface area contributed by atoms with Gasteiger partial charge in [-0.25, -0.2) is 9.96 Å². The Morgan fingerprint density at radius 3 is 2.00 bits per heavy atom. The van der Waals surface area contributed by atoms with Crippen molar-refractivity contribution in [1.82, 2.24) is 0 Å². The van der Waals surface area contributed by atoms with Crippen LogP contribution in [0.5, 0.6) is 0 Å². The van der Waals surface area contributed by atoms with E-state index in [1.807, 2.05) is 42.5 Å². The first kappa shape index (κ1) is 20.3. The molecule has 2 fully saturated rings. The lowest BCUT2D eigenvalue weighted by atomic mass is 9.90. The normalized spacial score (nSPS) is 22.9. The third-order valence-corrected chi connectivity index (χ3v) is 6.13. The molecule has 5 nitrogen and oxygen atoms in total. The summed E-state index contributed by atoms with van der Waals surface area (Å²) in [6, 6.07) is 20.7. The molecule has 0 spiro atoms. The van der Waals surface area contributed by atoms with Gasteiger partial charge in [0.05, 0.1) is 17.4 Å². The first-order valence-electron chi connectivity index (χ1n) is 9.54. The monoisotopic (exact) mass is 472 g/mol. The molecule has 8 heteroatoms. The number of anilines is 2. The second-order valence-corrected chi connectivity index (χ2v) is 8.66. The van der Waals surface area contributed by atoms with Crippen molar-refractivity contribution in [3.05, 3.63) is 93.4 Å². The largest absolute Gasteiger partial charge is 0.273 e. The fraction of sp³-hybridized carbons (Fsp3) is 0.130. The number of fused-ring (bicyclic) bond motifs is 1. The van der Waals surface area contributed by atoms with Crippen LogP contribution in [-0.4, -0.2) is 17.9 Å². The van der Waals surface area contributed by atoms with E-state index in [4.69, 9.17) is 39.6 Å². The highest BCUT2D eigenvalue weighted by atomic mass is 35.5. The van der Waals surface area contributed by atoms with E-state index in [0.29, 0.717) is 20.8 Å². The third-order valence-electron chi connectivity index (χ3n) is 5.44. The maximum atomic E-state index is 13.5. The summed E-state index contributed by atoms with van der Waals surface area (Å²) in [5, 5.41) is 2.88. The minimum absolute atomic E-state index is 0.326. The highest BCUT2D eigenvalue weighted by Gasteiger charge is 2.60. The van der Waals surface area contributed by atoms with E-state index in [0.717, 1.165) is 16.2 Å². The fourth-order valence-corrected chi connectivity index (χ4v) is 4.78. The van der Waals surface area contributed by atoms with E-state index in [-0.39, 0.29) is 5.91 Å². The topological polar surface area (TPSA) is 49.9 Å². The summed E-state index contributed by atoms with van der Waals surface area (Å²) in [5.41, 5.74) is 1.88. The van der Waals surface area contributed by atoms with Crippen LogP contribution in [0.3, 0.4) is 0 Å². The maximum absolute atomic E-state index is 13.5. The molecule has 3 aromatic carbocycles. The summed E-state index contributed by atoms with van der Waals surface area (Å²) in [6.07, 6.45) is -0.967. The fourth-order valence-electron chi connectivity index (χ4n) is 4.13. The SMILES string of the molecule is O=C1[C@@H]2[C@@H](c3ccc(Cl)cc3)N(c3ccccc3)O[C@H]2C(=O)N1c1cc(Cl)cc(Cl)c1. The number of hydrogen-bond donors (Lipinski definition) is 0. The molecule has 3 aromatic rings. The first-order valence-corrected chi connectivity index (χ1v) is 10.7. The Labute approximate surface area is 193 Å². The average Bonchev–Trinajstić information content (AvgIpc) is 3.25. The first-order chi connectivity index (χ1) is 14.9. The van der Waals surface area contributed by atoms with Crippen LogP contribution in [0, 0.1) is 5.92 Å². The molecule has 0 aromatic heterocycles. The number of carbonyl (C=O) groups is 2. The second-order valence-electron chi connectivity index (χ2n) is 7.35. The number of amides is 2. The molecular formula is C23H15Cl3N2O3. The van der Waals surface area contributed by atoms with Crippen LogP contribution in [0.2, 0.25) is 15.1 Å². The van der Waals surface area contributed by atoms with Crippen LogP contribution in [0.1, 0.15) is 11.6 Å². The van der Waals surface area contributed by atoms with Gasteiger partial charge in [-0.3, -0.25) is 14.4 Å². The van der Waals surface area contributed by atoms with Crippen molar-refractivity contribution in [3.8, 4) is 0 Å². The standard InChI is InChI=1S/C23H15Cl3N2O3/c24-14-8-6-13(7-9-14)20-19-21(31-28(20)17-4-2-1-3-5-17)23(30)27(22(19)29)18-11-15(25)10-16(26)12-18/h1-12,19-21H/t19-,20-,21-/m1/s1. The van der Waals surface area contributed by atoms with Gasteiger partial charge in [0.2, 0.25) is 5.91 Å². The lowest BCUT2D eigenvalue weighted by molar-refractivity contribution is -0.126. The van der Waals surface area contributed by atoms with Crippen LogP contribution >= 0.6 is 34.8 Å². The molecule has 156 valence electrons. The second kappa shape index (κ2) is 7.84. The number of benzene rings is 3. The molecule has 0 N–H and O–H groups in total. The van der Waals surface area contributed by atoms with Crippen LogP contribution in [-0.2, 0) is 14.4 Å². The number of nitrogens with zero attached hydrogens (tertiary/aromatic N) is 2. The summed E-state index contributed by atoms with van der Waals surface area (Å²) in [6.45, 7) is 0. The molecule has 0 bridgehead atoms. The summed E-state index contributed by atoms with van der Waals surface area (Å²) < 4.78 is 0. The van der Waals surface area contributed by atoms with Crippen molar-refractivity contribution in [1.29, 1.82) is 0 Å². The zero-order valence-electron chi connectivity index (χ0n) is 15.9. The molecule has 5 rings (SSSR count). The van der Waals surface area contributed by atoms with Crippen molar-refractivity contribution in [2.75, 3.05) is 9.96 Å². The Hall–Kier alpha value is -2.57. The van der Waals surface area contributed by atoms with E-state index in [2.05, 4.69) is 0 Å². The third kappa shape index (κ3) is 3.48. The van der Waals surface area contributed by atoms with Crippen LogP contribution in [0.25, 0.3) is 0 Å². The van der Waals surface area contributed by atoms with Gasteiger partial charge < -0.3 is 0 Å². The highest BCUT2D eigenvalue weighted by Crippen LogP contribution is 2.48. The number of imide groups is 1. The molecule has 2 aliphatic rings. The molecule has 0 radical (unpaired) electrons. The summed E-state index contributed by atoms with van der Waals surface area (Å²) in [7, 11) is 0. The number of carbonyl (C=O) groups excluding carboxylic acids is 2. The van der Waals surface area contributed by atoms with Crippen molar-refractivity contribution in [2.45, 2.75) is 12.1 Å². The molecule has 2 aliphatic heterocycles. The molecule has 0 saturated carbocycles. The van der Waals surface area contributed by atoms with Gasteiger partial charge in [0.1, 0.15) is 5.92 Å². The quantitative estimate of drug-likeness (QED) is 0.458. The predicted octanol–water partition coefficient (Wildman–Crippen LogP) is 5.70. The average molecular weight is 474 g/mol. The van der Waals surface area contributed by atoms with E-state index in [1.54, 1.807) is 23.3 Å². The number of para-hydroxylation sites is 1. The summed E-state index contributed by atoms with van der Waals surface area (Å²) in [5.74, 6) is -1.57. The van der Waals surface area contributed by atoms with Crippen LogP contribution in [0.15, 0.2) is 72.8 Å². The zero-order chi connectivity index (χ0) is 21.7. The van der Waals surface area contributed by atoms with Gasteiger partial charge in [-0.15, -0.1) is 0 Å². The summed E-state index contributed by atoms with van der Waals surface area (Å²) >= 11 is 18.3. The molecule has 3 atom stereocenters. The number of rotatable bonds is 3. The number of halogens is 3. The Morgan fingerprint density at radius 2 is 1.35 bits per heavy atom. The van der Waals surface area contributed by atoms with Gasteiger partial charge in [-0.2, -0.15) is 0 Å².